The fourth-order valence-electron chi connectivity index (χ4n) is 1.97. The molecule has 0 aliphatic carbocycles. The maximum Gasteiger partial charge on any atom is 0.430 e. The summed E-state index contributed by atoms with van der Waals surface area (Å²) in [6.07, 6.45) is -11.7. The summed E-state index contributed by atoms with van der Waals surface area (Å²) in [7, 11) is 0. The van der Waals surface area contributed by atoms with Crippen LogP contribution in [0.3, 0.4) is 0 Å². The second-order valence-corrected chi connectivity index (χ2v) is 4.44. The topological polar surface area (TPSA) is 52.3 Å². The Labute approximate surface area is 122 Å². The van der Waals surface area contributed by atoms with Crippen LogP contribution in [0.1, 0.15) is 29.3 Å². The van der Waals surface area contributed by atoms with Gasteiger partial charge in [0, 0.05) is 17.7 Å². The summed E-state index contributed by atoms with van der Waals surface area (Å²) < 4.78 is 84.2. The average molecular weight is 329 g/mol. The summed E-state index contributed by atoms with van der Waals surface area (Å²) in [6, 6.07) is 3.39. The van der Waals surface area contributed by atoms with E-state index >= 15 is 0 Å². The minimum Gasteiger partial charge on any atom is -0.366 e. The van der Waals surface area contributed by atoms with Crippen molar-refractivity contribution in [2.45, 2.75) is 31.3 Å². The van der Waals surface area contributed by atoms with E-state index in [4.69, 9.17) is 5.73 Å². The minimum absolute atomic E-state index is 0.0767. The van der Waals surface area contributed by atoms with Crippen LogP contribution >= 0.6 is 0 Å². The zero-order valence-electron chi connectivity index (χ0n) is 11.4. The monoisotopic (exact) mass is 329 g/mol. The Morgan fingerprint density at radius 1 is 1.09 bits per heavy atom. The van der Waals surface area contributed by atoms with Gasteiger partial charge in [0.15, 0.2) is 0 Å². The highest BCUT2D eigenvalue weighted by Gasteiger charge is 2.74. The molecule has 1 aromatic carbocycles. The Balaban J connectivity index is 3.74. The van der Waals surface area contributed by atoms with Crippen molar-refractivity contribution >= 4 is 5.91 Å². The molecule has 1 rings (SSSR count). The lowest BCUT2D eigenvalue weighted by Crippen LogP contribution is -2.56. The Morgan fingerprint density at radius 3 is 2.00 bits per heavy atom. The van der Waals surface area contributed by atoms with Gasteiger partial charge in [-0.15, -0.1) is 0 Å². The molecule has 0 radical (unpaired) electrons. The first-order chi connectivity index (χ1) is 9.99. The van der Waals surface area contributed by atoms with Gasteiger partial charge < -0.3 is 10.5 Å². The highest BCUT2D eigenvalue weighted by molar-refractivity contribution is 5.94. The molecule has 0 saturated heterocycles. The lowest BCUT2D eigenvalue weighted by atomic mass is 9.87. The summed E-state index contributed by atoms with van der Waals surface area (Å²) in [6.45, 7) is 0.559. The van der Waals surface area contributed by atoms with Crippen molar-refractivity contribution in [2.24, 2.45) is 5.73 Å². The molecule has 124 valence electrons. The maximum absolute atomic E-state index is 13.3. The Kier molecular flexibility index (Phi) is 5.11. The number of primary amides is 1. The van der Waals surface area contributed by atoms with Gasteiger partial charge >= 0.3 is 12.4 Å². The van der Waals surface area contributed by atoms with Gasteiger partial charge in [0.1, 0.15) is 0 Å². The molecule has 0 saturated carbocycles. The van der Waals surface area contributed by atoms with Crippen LogP contribution in [-0.4, -0.2) is 24.9 Å². The second-order valence-electron chi connectivity index (χ2n) is 4.44. The molecule has 9 heteroatoms. The Hall–Kier alpha value is -1.77. The van der Waals surface area contributed by atoms with E-state index in [9.17, 15) is 31.1 Å². The first-order valence-corrected chi connectivity index (χ1v) is 6.15. The van der Waals surface area contributed by atoms with Crippen molar-refractivity contribution in [3.63, 3.8) is 0 Å². The van der Waals surface area contributed by atoms with E-state index < -0.39 is 41.6 Å². The van der Waals surface area contributed by atoms with Gasteiger partial charge in [0.25, 0.3) is 5.60 Å². The van der Waals surface area contributed by atoms with Crippen LogP contribution in [0.5, 0.6) is 0 Å². The number of ether oxygens (including phenoxy) is 1. The first kappa shape index (κ1) is 18.3. The second kappa shape index (κ2) is 6.15. The highest BCUT2D eigenvalue weighted by atomic mass is 19.4. The molecule has 0 bridgehead atoms. The normalized spacial score (nSPS) is 13.2. The van der Waals surface area contributed by atoms with Crippen molar-refractivity contribution < 1.29 is 35.9 Å². The molecule has 0 aliphatic heterocycles. The van der Waals surface area contributed by atoms with Gasteiger partial charge in [0.05, 0.1) is 0 Å². The molecular formula is C13H13F6NO2. The molecule has 3 nitrogen and oxygen atoms in total. The van der Waals surface area contributed by atoms with E-state index in [1.165, 1.54) is 6.92 Å². The average Bonchev–Trinajstić information content (AvgIpc) is 2.36. The molecule has 2 N–H and O–H groups in total. The van der Waals surface area contributed by atoms with Crippen molar-refractivity contribution in [2.75, 3.05) is 6.61 Å². The van der Waals surface area contributed by atoms with Crippen molar-refractivity contribution in [1.29, 1.82) is 0 Å². The predicted octanol–water partition coefficient (Wildman–Crippen LogP) is 3.53. The van der Waals surface area contributed by atoms with Crippen LogP contribution < -0.4 is 5.73 Å². The number of halogens is 6. The summed E-state index contributed by atoms with van der Waals surface area (Å²) in [5, 5.41) is 0. The summed E-state index contributed by atoms with van der Waals surface area (Å²) >= 11 is 0. The van der Waals surface area contributed by atoms with Gasteiger partial charge in [0.2, 0.25) is 5.91 Å². The number of nitrogens with two attached hydrogens (primary N) is 1. The number of alkyl halides is 6. The molecule has 1 amide bonds. The maximum atomic E-state index is 13.3. The molecule has 0 heterocycles. The van der Waals surface area contributed by atoms with Crippen LogP contribution in [0, 0.1) is 0 Å². The van der Waals surface area contributed by atoms with Gasteiger partial charge in [-0.1, -0.05) is 25.1 Å². The smallest absolute Gasteiger partial charge is 0.366 e. The number of hydrogen-bond acceptors (Lipinski definition) is 2. The molecule has 0 unspecified atom stereocenters. The van der Waals surface area contributed by atoms with E-state index in [-0.39, 0.29) is 6.42 Å². The molecule has 0 aliphatic rings. The highest BCUT2D eigenvalue weighted by Crippen LogP contribution is 2.53. The molecular weight excluding hydrogens is 316 g/mol. The van der Waals surface area contributed by atoms with Gasteiger partial charge in [-0.25, -0.2) is 0 Å². The number of amides is 1. The molecule has 0 fully saturated rings. The van der Waals surface area contributed by atoms with Crippen molar-refractivity contribution in [1.82, 2.24) is 0 Å². The van der Waals surface area contributed by atoms with E-state index in [0.717, 1.165) is 18.2 Å². The van der Waals surface area contributed by atoms with Crippen molar-refractivity contribution in [3.05, 3.63) is 35.4 Å². The van der Waals surface area contributed by atoms with E-state index in [1.54, 1.807) is 0 Å². The Bertz CT molecular complexity index is 524. The standard InChI is InChI=1S/C13H13F6NO2/c1-2-7-22-11(12(14,15)16,13(17,18)19)9-6-4-3-5-8(9)10(20)21/h3-6H,2,7H2,1H3,(H2,20,21). The Morgan fingerprint density at radius 2 is 1.59 bits per heavy atom. The predicted molar refractivity (Wildman–Crippen MR) is 65.0 cm³/mol. The zero-order valence-corrected chi connectivity index (χ0v) is 11.4. The SMILES string of the molecule is CCCOC(c1ccccc1C(N)=O)(C(F)(F)F)C(F)(F)F. The lowest BCUT2D eigenvalue weighted by molar-refractivity contribution is -0.389. The lowest BCUT2D eigenvalue weighted by Gasteiger charge is -2.38. The van der Waals surface area contributed by atoms with Crippen LogP contribution in [-0.2, 0) is 10.3 Å². The van der Waals surface area contributed by atoms with Crippen LogP contribution in [0.15, 0.2) is 24.3 Å². The van der Waals surface area contributed by atoms with E-state index in [0.29, 0.717) is 6.07 Å². The summed E-state index contributed by atoms with van der Waals surface area (Å²) in [5.41, 5.74) is -1.97. The first-order valence-electron chi connectivity index (χ1n) is 6.15. The van der Waals surface area contributed by atoms with Gasteiger partial charge in [-0.05, 0) is 12.5 Å². The quantitative estimate of drug-likeness (QED) is 0.840. The van der Waals surface area contributed by atoms with Gasteiger partial charge in [-0.3, -0.25) is 4.79 Å². The molecule has 22 heavy (non-hydrogen) atoms. The number of rotatable bonds is 5. The number of carbonyl (C=O) groups excluding carboxylic acids is 1. The molecule has 0 spiro atoms. The van der Waals surface area contributed by atoms with Gasteiger partial charge in [-0.2, -0.15) is 26.3 Å². The van der Waals surface area contributed by atoms with Crippen LogP contribution in [0.2, 0.25) is 0 Å². The third kappa shape index (κ3) is 3.03. The third-order valence-corrected chi connectivity index (χ3v) is 2.89. The number of carbonyl (C=O) groups is 1. The summed E-state index contributed by atoms with van der Waals surface area (Å²) in [4.78, 5) is 11.2. The fraction of sp³-hybridized carbons (Fsp3) is 0.462. The molecule has 0 aromatic heterocycles. The third-order valence-electron chi connectivity index (χ3n) is 2.89. The number of benzene rings is 1. The minimum atomic E-state index is -5.83. The van der Waals surface area contributed by atoms with E-state index in [2.05, 4.69) is 4.74 Å². The van der Waals surface area contributed by atoms with Crippen LogP contribution in [0.4, 0.5) is 26.3 Å². The number of hydrogen-bond donors (Lipinski definition) is 1. The van der Waals surface area contributed by atoms with Crippen molar-refractivity contribution in [3.8, 4) is 0 Å². The molecule has 0 atom stereocenters. The van der Waals surface area contributed by atoms with Crippen LogP contribution in [0.25, 0.3) is 0 Å². The largest absolute Gasteiger partial charge is 0.430 e. The molecule has 1 aromatic rings. The fourth-order valence-corrected chi connectivity index (χ4v) is 1.97. The summed E-state index contributed by atoms with van der Waals surface area (Å²) in [5.74, 6) is -1.41. The van der Waals surface area contributed by atoms with E-state index in [1.807, 2.05) is 0 Å². The zero-order chi connectivity index (χ0) is 17.2.